The van der Waals surface area contributed by atoms with Gasteiger partial charge in [0.1, 0.15) is 5.76 Å². The van der Waals surface area contributed by atoms with E-state index in [0.29, 0.717) is 12.2 Å². The minimum absolute atomic E-state index is 0.0419. The van der Waals surface area contributed by atoms with Crippen LogP contribution in [-0.2, 0) is 11.8 Å². The number of hydrogen-bond acceptors (Lipinski definition) is 5. The van der Waals surface area contributed by atoms with E-state index in [9.17, 15) is 15.3 Å². The van der Waals surface area contributed by atoms with Crippen LogP contribution in [0.15, 0.2) is 24.0 Å². The highest BCUT2D eigenvalue weighted by atomic mass is 16.5. The highest BCUT2D eigenvalue weighted by Crippen LogP contribution is 2.65. The van der Waals surface area contributed by atoms with Gasteiger partial charge in [0.15, 0.2) is 17.6 Å². The summed E-state index contributed by atoms with van der Waals surface area (Å²) in [6.07, 6.45) is 5.71. The van der Waals surface area contributed by atoms with Gasteiger partial charge in [-0.05, 0) is 55.9 Å². The van der Waals surface area contributed by atoms with Crippen molar-refractivity contribution in [3.8, 4) is 11.5 Å². The molecule has 0 radical (unpaired) electrons. The number of aliphatic hydroxyl groups excluding tert-OH is 1. The van der Waals surface area contributed by atoms with Crippen LogP contribution in [0.5, 0.6) is 11.5 Å². The van der Waals surface area contributed by atoms with E-state index in [2.05, 4.69) is 4.90 Å². The van der Waals surface area contributed by atoms with Gasteiger partial charge in [0.25, 0.3) is 0 Å². The zero-order chi connectivity index (χ0) is 17.0. The molecule has 4 atom stereocenters. The Morgan fingerprint density at radius 1 is 1.24 bits per heavy atom. The number of benzene rings is 1. The molecule has 2 fully saturated rings. The third-order valence-electron chi connectivity index (χ3n) is 7.40. The van der Waals surface area contributed by atoms with E-state index in [-0.39, 0.29) is 17.6 Å². The zero-order valence-electron chi connectivity index (χ0n) is 14.1. The molecule has 1 saturated carbocycles. The normalized spacial score (nSPS) is 41.1. The molecule has 0 amide bonds. The molecule has 1 spiro atoms. The fourth-order valence-electron chi connectivity index (χ4n) is 6.09. The van der Waals surface area contributed by atoms with Crippen LogP contribution in [0, 0.1) is 5.92 Å². The van der Waals surface area contributed by atoms with Gasteiger partial charge >= 0.3 is 0 Å². The number of aromatic hydroxyl groups is 1. The number of nitrogens with zero attached hydrogens (tertiary/aromatic N) is 1. The van der Waals surface area contributed by atoms with Crippen molar-refractivity contribution in [2.75, 3.05) is 13.1 Å². The molecule has 2 bridgehead atoms. The van der Waals surface area contributed by atoms with Gasteiger partial charge < -0.3 is 20.1 Å². The van der Waals surface area contributed by atoms with Crippen molar-refractivity contribution < 1.29 is 20.1 Å². The lowest BCUT2D eigenvalue weighted by atomic mass is 9.50. The average Bonchev–Trinajstić information content (AvgIpc) is 3.32. The van der Waals surface area contributed by atoms with Crippen molar-refractivity contribution in [2.45, 2.75) is 55.3 Å². The first-order chi connectivity index (χ1) is 12.0. The first-order valence-electron chi connectivity index (χ1n) is 9.42. The zero-order valence-corrected chi connectivity index (χ0v) is 14.1. The standard InChI is InChI=1S/C20H23NO4/c22-13-4-3-12-9-15-20(24)6-5-14(23)18-19(20,16(12)17(13)25-18)7-8-21(15)10-11-1-2-11/h3-5,11,15,18,22-24H,1-2,6-10H2/t15?,18-,19-,20+/m0/s1. The van der Waals surface area contributed by atoms with Gasteiger partial charge in [0.2, 0.25) is 0 Å². The molecular weight excluding hydrogens is 318 g/mol. The molecule has 1 unspecified atom stereocenters. The summed E-state index contributed by atoms with van der Waals surface area (Å²) in [6.45, 7) is 1.97. The Labute approximate surface area is 146 Å². The van der Waals surface area contributed by atoms with Crippen LogP contribution < -0.4 is 4.74 Å². The molecule has 1 saturated heterocycles. The smallest absolute Gasteiger partial charge is 0.168 e. The van der Waals surface area contributed by atoms with Crippen LogP contribution in [0.25, 0.3) is 0 Å². The van der Waals surface area contributed by atoms with E-state index in [1.165, 1.54) is 12.8 Å². The maximum atomic E-state index is 12.0. The second kappa shape index (κ2) is 4.33. The van der Waals surface area contributed by atoms with Crippen LogP contribution >= 0.6 is 0 Å². The average molecular weight is 341 g/mol. The van der Waals surface area contributed by atoms with E-state index in [1.54, 1.807) is 12.1 Å². The lowest BCUT2D eigenvalue weighted by Crippen LogP contribution is -2.75. The fraction of sp³-hybridized carbons (Fsp3) is 0.600. The maximum absolute atomic E-state index is 12.0. The monoisotopic (exact) mass is 341 g/mol. The van der Waals surface area contributed by atoms with Crippen molar-refractivity contribution in [2.24, 2.45) is 5.92 Å². The summed E-state index contributed by atoms with van der Waals surface area (Å²) >= 11 is 0. The van der Waals surface area contributed by atoms with Crippen LogP contribution in [0.3, 0.4) is 0 Å². The molecule has 1 aromatic carbocycles. The first-order valence-corrected chi connectivity index (χ1v) is 9.42. The third kappa shape index (κ3) is 1.53. The van der Waals surface area contributed by atoms with Gasteiger partial charge in [0.05, 0.1) is 11.0 Å². The summed E-state index contributed by atoms with van der Waals surface area (Å²) < 4.78 is 6.07. The SMILES string of the molecule is OC1=CC[C@@]2(O)C3Cc4ccc(O)c5c4[C@@]2(CCN3CC2CC2)[C@H]1O5. The molecule has 5 aliphatic rings. The molecule has 5 heteroatoms. The number of likely N-dealkylation sites (tertiary alicyclic amines) is 1. The molecule has 2 heterocycles. The largest absolute Gasteiger partial charge is 0.509 e. The topological polar surface area (TPSA) is 73.2 Å². The Hall–Kier alpha value is -1.72. The Morgan fingerprint density at radius 2 is 2.08 bits per heavy atom. The van der Waals surface area contributed by atoms with Crippen molar-refractivity contribution in [3.05, 3.63) is 35.1 Å². The summed E-state index contributed by atoms with van der Waals surface area (Å²) in [6, 6.07) is 3.71. The van der Waals surface area contributed by atoms with E-state index in [0.717, 1.165) is 43.0 Å². The molecule has 5 nitrogen and oxygen atoms in total. The van der Waals surface area contributed by atoms with E-state index >= 15 is 0 Å². The summed E-state index contributed by atoms with van der Waals surface area (Å²) in [7, 11) is 0. The van der Waals surface area contributed by atoms with Gasteiger partial charge in [-0.2, -0.15) is 0 Å². The van der Waals surface area contributed by atoms with Gasteiger partial charge in [0, 0.05) is 24.6 Å². The quantitative estimate of drug-likeness (QED) is 0.767. The summed E-state index contributed by atoms with van der Waals surface area (Å²) in [5, 5.41) is 32.9. The molecule has 3 aliphatic carbocycles. The third-order valence-corrected chi connectivity index (χ3v) is 7.40. The molecule has 25 heavy (non-hydrogen) atoms. The van der Waals surface area contributed by atoms with Crippen LogP contribution in [0.2, 0.25) is 0 Å². The number of rotatable bonds is 2. The summed E-state index contributed by atoms with van der Waals surface area (Å²) in [5.41, 5.74) is 0.503. The van der Waals surface area contributed by atoms with Gasteiger partial charge in [-0.1, -0.05) is 6.07 Å². The fourth-order valence-corrected chi connectivity index (χ4v) is 6.09. The molecule has 6 rings (SSSR count). The molecule has 1 aromatic rings. The Balaban J connectivity index is 1.59. The minimum atomic E-state index is -0.955. The highest BCUT2D eigenvalue weighted by Gasteiger charge is 2.72. The van der Waals surface area contributed by atoms with Crippen LogP contribution in [0.1, 0.15) is 36.8 Å². The number of aliphatic hydroxyl groups is 2. The predicted octanol–water partition coefficient (Wildman–Crippen LogP) is 2.01. The van der Waals surface area contributed by atoms with Crippen molar-refractivity contribution in [1.82, 2.24) is 4.90 Å². The number of ether oxygens (including phenoxy) is 1. The Morgan fingerprint density at radius 3 is 2.88 bits per heavy atom. The predicted molar refractivity (Wildman–Crippen MR) is 90.9 cm³/mol. The second-order valence-corrected chi connectivity index (χ2v) is 8.58. The Bertz CT molecular complexity index is 816. The van der Waals surface area contributed by atoms with Crippen molar-refractivity contribution in [3.63, 3.8) is 0 Å². The lowest BCUT2D eigenvalue weighted by molar-refractivity contribution is -0.168. The van der Waals surface area contributed by atoms with E-state index in [1.807, 2.05) is 6.07 Å². The second-order valence-electron chi connectivity index (χ2n) is 8.58. The molecule has 2 aliphatic heterocycles. The van der Waals surface area contributed by atoms with Crippen LogP contribution in [0.4, 0.5) is 0 Å². The maximum Gasteiger partial charge on any atom is 0.168 e. The summed E-state index contributed by atoms with van der Waals surface area (Å²) in [5.74, 6) is 1.55. The minimum Gasteiger partial charge on any atom is -0.509 e. The number of piperidine rings is 1. The highest BCUT2D eigenvalue weighted by molar-refractivity contribution is 5.63. The number of hydrogen-bond donors (Lipinski definition) is 3. The van der Waals surface area contributed by atoms with Gasteiger partial charge in [-0.15, -0.1) is 0 Å². The van der Waals surface area contributed by atoms with Gasteiger partial charge in [-0.3, -0.25) is 4.90 Å². The molecule has 3 N–H and O–H groups in total. The lowest BCUT2D eigenvalue weighted by Gasteiger charge is -2.62. The van der Waals surface area contributed by atoms with Crippen molar-refractivity contribution >= 4 is 0 Å². The first kappa shape index (κ1) is 14.4. The van der Waals surface area contributed by atoms with E-state index in [4.69, 9.17) is 4.74 Å². The molecule has 132 valence electrons. The number of phenolic OH excluding ortho intramolecular Hbond substituents is 1. The summed E-state index contributed by atoms with van der Waals surface area (Å²) in [4.78, 5) is 2.48. The molecule has 0 aromatic heterocycles. The molecular formula is C20H23NO4. The van der Waals surface area contributed by atoms with Crippen LogP contribution in [-0.4, -0.2) is 51.1 Å². The number of phenols is 1. The Kier molecular flexibility index (Phi) is 2.50. The van der Waals surface area contributed by atoms with Crippen molar-refractivity contribution in [1.29, 1.82) is 0 Å². The van der Waals surface area contributed by atoms with E-state index < -0.39 is 17.1 Å². The van der Waals surface area contributed by atoms with Gasteiger partial charge in [-0.25, -0.2) is 0 Å².